The van der Waals surface area contributed by atoms with Gasteiger partial charge in [0.15, 0.2) is 0 Å². The van der Waals surface area contributed by atoms with Crippen molar-refractivity contribution in [3.05, 3.63) is 0 Å². The van der Waals surface area contributed by atoms with E-state index >= 15 is 0 Å². The zero-order valence-corrected chi connectivity index (χ0v) is 6.68. The van der Waals surface area contributed by atoms with E-state index in [-0.39, 0.29) is 11.8 Å². The maximum Gasteiger partial charge on any atom is 0.223 e. The third-order valence-corrected chi connectivity index (χ3v) is 2.11. The van der Waals surface area contributed by atoms with Crippen LogP contribution in [0.4, 0.5) is 0 Å². The molecule has 10 heavy (non-hydrogen) atoms. The Morgan fingerprint density at radius 2 is 2.10 bits per heavy atom. The van der Waals surface area contributed by atoms with Crippen LogP contribution in [0.25, 0.3) is 0 Å². The maximum atomic E-state index is 11.1. The van der Waals surface area contributed by atoms with Gasteiger partial charge in [0.2, 0.25) is 5.91 Å². The van der Waals surface area contributed by atoms with Gasteiger partial charge in [0.25, 0.3) is 0 Å². The molecule has 1 aliphatic rings. The van der Waals surface area contributed by atoms with Crippen LogP contribution >= 0.6 is 0 Å². The molecule has 0 bridgehead atoms. The lowest BCUT2D eigenvalue weighted by atomic mass is 10.1. The van der Waals surface area contributed by atoms with Gasteiger partial charge in [0.05, 0.1) is 0 Å². The van der Waals surface area contributed by atoms with Crippen LogP contribution in [0.3, 0.4) is 0 Å². The third-order valence-electron chi connectivity index (χ3n) is 2.11. The SMILES string of the molecule is C[C@@H]1CCC[C@H](C)NC1=O. The molecule has 1 saturated heterocycles. The second-order valence-electron chi connectivity index (χ2n) is 3.24. The highest BCUT2D eigenvalue weighted by molar-refractivity contribution is 5.78. The molecular formula is C8H15NO. The van der Waals surface area contributed by atoms with Gasteiger partial charge in [0, 0.05) is 12.0 Å². The van der Waals surface area contributed by atoms with E-state index in [2.05, 4.69) is 12.2 Å². The third kappa shape index (κ3) is 1.72. The molecule has 2 atom stereocenters. The molecule has 1 amide bonds. The smallest absolute Gasteiger partial charge is 0.223 e. The lowest BCUT2D eigenvalue weighted by Gasteiger charge is -2.09. The molecule has 0 aromatic rings. The van der Waals surface area contributed by atoms with Crippen LogP contribution in [-0.4, -0.2) is 11.9 Å². The topological polar surface area (TPSA) is 29.1 Å². The lowest BCUT2D eigenvalue weighted by Crippen LogP contribution is -2.33. The van der Waals surface area contributed by atoms with Gasteiger partial charge in [0.1, 0.15) is 0 Å². The summed E-state index contributed by atoms with van der Waals surface area (Å²) in [5.74, 6) is 0.454. The highest BCUT2D eigenvalue weighted by Gasteiger charge is 2.18. The zero-order chi connectivity index (χ0) is 7.56. The number of rotatable bonds is 0. The molecule has 0 radical (unpaired) electrons. The van der Waals surface area contributed by atoms with Crippen LogP contribution in [0.5, 0.6) is 0 Å². The molecule has 2 nitrogen and oxygen atoms in total. The Labute approximate surface area is 62.0 Å². The number of amides is 1. The number of hydrogen-bond acceptors (Lipinski definition) is 1. The summed E-state index contributed by atoms with van der Waals surface area (Å²) < 4.78 is 0. The summed E-state index contributed by atoms with van der Waals surface area (Å²) in [6.45, 7) is 4.06. The first-order valence-corrected chi connectivity index (χ1v) is 4.00. The highest BCUT2D eigenvalue weighted by Crippen LogP contribution is 2.13. The summed E-state index contributed by atoms with van der Waals surface area (Å²) in [6.07, 6.45) is 3.37. The van der Waals surface area contributed by atoms with Crippen LogP contribution < -0.4 is 5.32 Å². The van der Waals surface area contributed by atoms with E-state index in [0.717, 1.165) is 12.8 Å². The van der Waals surface area contributed by atoms with E-state index in [9.17, 15) is 4.79 Å². The standard InChI is InChI=1S/C8H15NO/c1-6-4-3-5-7(2)9-8(6)10/h6-7H,3-5H2,1-2H3,(H,9,10)/t6-,7+/m1/s1. The minimum Gasteiger partial charge on any atom is -0.353 e. The summed E-state index contributed by atoms with van der Waals surface area (Å²) in [5.41, 5.74) is 0. The molecule has 1 N–H and O–H groups in total. The Hall–Kier alpha value is -0.530. The molecule has 0 aromatic heterocycles. The molecule has 1 fully saturated rings. The number of carbonyl (C=O) groups is 1. The van der Waals surface area contributed by atoms with E-state index in [0.29, 0.717) is 6.04 Å². The van der Waals surface area contributed by atoms with Crippen LogP contribution in [-0.2, 0) is 4.79 Å². The molecule has 1 aliphatic heterocycles. The van der Waals surface area contributed by atoms with Crippen molar-refractivity contribution in [2.75, 3.05) is 0 Å². The minimum atomic E-state index is 0.227. The molecule has 0 unspecified atom stereocenters. The summed E-state index contributed by atoms with van der Waals surface area (Å²) in [7, 11) is 0. The summed E-state index contributed by atoms with van der Waals surface area (Å²) >= 11 is 0. The van der Waals surface area contributed by atoms with Gasteiger partial charge < -0.3 is 5.32 Å². The average molecular weight is 141 g/mol. The predicted octanol–water partition coefficient (Wildman–Crippen LogP) is 1.31. The summed E-state index contributed by atoms with van der Waals surface area (Å²) in [6, 6.07) is 0.387. The van der Waals surface area contributed by atoms with Crippen LogP contribution in [0.1, 0.15) is 33.1 Å². The van der Waals surface area contributed by atoms with Crippen molar-refractivity contribution in [2.24, 2.45) is 5.92 Å². The van der Waals surface area contributed by atoms with E-state index in [1.807, 2.05) is 6.92 Å². The Balaban J connectivity index is 2.49. The van der Waals surface area contributed by atoms with Gasteiger partial charge in [-0.2, -0.15) is 0 Å². The van der Waals surface area contributed by atoms with E-state index in [1.54, 1.807) is 0 Å². The van der Waals surface area contributed by atoms with Crippen LogP contribution in [0.2, 0.25) is 0 Å². The lowest BCUT2D eigenvalue weighted by molar-refractivity contribution is -0.124. The second kappa shape index (κ2) is 3.04. The first-order valence-electron chi connectivity index (χ1n) is 4.00. The normalized spacial score (nSPS) is 34.8. The zero-order valence-electron chi connectivity index (χ0n) is 6.68. The molecular weight excluding hydrogens is 126 g/mol. The Kier molecular flexibility index (Phi) is 2.30. The maximum absolute atomic E-state index is 11.1. The van der Waals surface area contributed by atoms with Crippen LogP contribution in [0, 0.1) is 5.92 Å². The Morgan fingerprint density at radius 3 is 2.80 bits per heavy atom. The van der Waals surface area contributed by atoms with E-state index in [1.165, 1.54) is 6.42 Å². The van der Waals surface area contributed by atoms with E-state index < -0.39 is 0 Å². The minimum absolute atomic E-state index is 0.227. The predicted molar refractivity (Wildman–Crippen MR) is 40.6 cm³/mol. The van der Waals surface area contributed by atoms with Gasteiger partial charge in [-0.25, -0.2) is 0 Å². The number of carbonyl (C=O) groups excluding carboxylic acids is 1. The van der Waals surface area contributed by atoms with Crippen LogP contribution in [0.15, 0.2) is 0 Å². The van der Waals surface area contributed by atoms with Crippen molar-refractivity contribution < 1.29 is 4.79 Å². The average Bonchev–Trinajstić information content (AvgIpc) is 1.96. The first kappa shape index (κ1) is 7.58. The molecule has 0 aromatic carbocycles. The molecule has 0 aliphatic carbocycles. The summed E-state index contributed by atoms with van der Waals surface area (Å²) in [5, 5.41) is 2.95. The molecule has 0 spiro atoms. The molecule has 58 valence electrons. The van der Waals surface area contributed by atoms with Crippen molar-refractivity contribution in [3.63, 3.8) is 0 Å². The van der Waals surface area contributed by atoms with E-state index in [4.69, 9.17) is 0 Å². The fourth-order valence-electron chi connectivity index (χ4n) is 1.32. The largest absolute Gasteiger partial charge is 0.353 e. The van der Waals surface area contributed by atoms with Gasteiger partial charge in [-0.1, -0.05) is 13.3 Å². The van der Waals surface area contributed by atoms with Crippen molar-refractivity contribution in [1.29, 1.82) is 0 Å². The van der Waals surface area contributed by atoms with Crippen molar-refractivity contribution in [3.8, 4) is 0 Å². The first-order chi connectivity index (χ1) is 4.70. The molecule has 1 rings (SSSR count). The van der Waals surface area contributed by atoms with Gasteiger partial charge in [-0.3, -0.25) is 4.79 Å². The molecule has 2 heteroatoms. The van der Waals surface area contributed by atoms with Gasteiger partial charge in [-0.15, -0.1) is 0 Å². The monoisotopic (exact) mass is 141 g/mol. The van der Waals surface area contributed by atoms with Gasteiger partial charge >= 0.3 is 0 Å². The highest BCUT2D eigenvalue weighted by atomic mass is 16.1. The Morgan fingerprint density at radius 1 is 1.40 bits per heavy atom. The van der Waals surface area contributed by atoms with Crippen molar-refractivity contribution >= 4 is 5.91 Å². The quantitative estimate of drug-likeness (QED) is 0.541. The second-order valence-corrected chi connectivity index (χ2v) is 3.24. The molecule has 1 heterocycles. The fraction of sp³-hybridized carbons (Fsp3) is 0.875. The summed E-state index contributed by atoms with van der Waals surface area (Å²) in [4.78, 5) is 11.1. The Bertz CT molecular complexity index is 133. The number of nitrogens with one attached hydrogen (secondary N) is 1. The van der Waals surface area contributed by atoms with Crippen molar-refractivity contribution in [1.82, 2.24) is 5.32 Å². The van der Waals surface area contributed by atoms with Gasteiger partial charge in [-0.05, 0) is 19.8 Å². The fourth-order valence-corrected chi connectivity index (χ4v) is 1.32. The van der Waals surface area contributed by atoms with Crippen molar-refractivity contribution in [2.45, 2.75) is 39.2 Å². The number of hydrogen-bond donors (Lipinski definition) is 1. The molecule has 0 saturated carbocycles.